The van der Waals surface area contributed by atoms with E-state index in [0.29, 0.717) is 0 Å². The first-order valence-corrected chi connectivity index (χ1v) is 6.42. The van der Waals surface area contributed by atoms with Gasteiger partial charge in [0.25, 0.3) is 0 Å². The molecule has 0 aliphatic heterocycles. The molecule has 74 valence electrons. The normalized spacial score (nSPS) is 64.4. The second-order valence-electron chi connectivity index (χ2n) is 5.68. The lowest BCUT2D eigenvalue weighted by Gasteiger charge is -2.62. The van der Waals surface area contributed by atoms with E-state index in [0.717, 1.165) is 5.92 Å². The quantitative estimate of drug-likeness (QED) is 0.526. The average molecular weight is 232 g/mol. The number of hydrogen-bond acceptors (Lipinski definition) is 3. The van der Waals surface area contributed by atoms with Crippen LogP contribution in [0.15, 0.2) is 0 Å². The third-order valence-corrected chi connectivity index (χ3v) is 5.48. The Morgan fingerprint density at radius 2 is 1.00 bits per heavy atom. The van der Waals surface area contributed by atoms with Crippen molar-refractivity contribution in [1.82, 2.24) is 0 Å². The first-order chi connectivity index (χ1) is 5.91. The van der Waals surface area contributed by atoms with Crippen LogP contribution >= 0.6 is 37.9 Å². The minimum atomic E-state index is 0.267. The Balaban J connectivity index is 2.03. The van der Waals surface area contributed by atoms with Crippen LogP contribution in [0.5, 0.6) is 0 Å². The molecule has 4 bridgehead atoms. The van der Waals surface area contributed by atoms with Gasteiger partial charge in [-0.1, -0.05) is 0 Å². The van der Waals surface area contributed by atoms with Crippen molar-refractivity contribution in [2.45, 2.75) is 52.8 Å². The minimum absolute atomic E-state index is 0.267. The van der Waals surface area contributed by atoms with Crippen LogP contribution < -0.4 is 0 Å². The Kier molecular flexibility index (Phi) is 1.72. The summed E-state index contributed by atoms with van der Waals surface area (Å²) in [4.78, 5) is 0. The van der Waals surface area contributed by atoms with E-state index in [1.165, 1.54) is 38.5 Å². The van der Waals surface area contributed by atoms with Crippen LogP contribution in [0.4, 0.5) is 0 Å². The van der Waals surface area contributed by atoms with Crippen LogP contribution in [0.3, 0.4) is 0 Å². The van der Waals surface area contributed by atoms with E-state index in [9.17, 15) is 0 Å². The fraction of sp³-hybridized carbons (Fsp3) is 1.00. The summed E-state index contributed by atoms with van der Waals surface area (Å²) in [5.41, 5.74) is 0. The minimum Gasteiger partial charge on any atom is -0.172 e. The monoisotopic (exact) mass is 232 g/mol. The molecule has 3 heteroatoms. The van der Waals surface area contributed by atoms with E-state index in [-0.39, 0.29) is 14.2 Å². The SMILES string of the molecule is SC12CC3CC(S)(C1)CC(S)(C3)C2. The van der Waals surface area contributed by atoms with Gasteiger partial charge >= 0.3 is 0 Å². The molecule has 0 unspecified atom stereocenters. The molecule has 0 heterocycles. The summed E-state index contributed by atoms with van der Waals surface area (Å²) in [6, 6.07) is 0. The average Bonchev–Trinajstić information content (AvgIpc) is 1.71. The fourth-order valence-corrected chi connectivity index (χ4v) is 7.25. The van der Waals surface area contributed by atoms with Crippen molar-refractivity contribution >= 4 is 37.9 Å². The van der Waals surface area contributed by atoms with Crippen LogP contribution in [0.2, 0.25) is 0 Å². The van der Waals surface area contributed by atoms with Gasteiger partial charge in [-0.3, -0.25) is 0 Å². The molecule has 0 N–H and O–H groups in total. The summed E-state index contributed by atoms with van der Waals surface area (Å²) in [6.07, 6.45) is 7.52. The summed E-state index contributed by atoms with van der Waals surface area (Å²) in [7, 11) is 0. The highest BCUT2D eigenvalue weighted by molar-refractivity contribution is 7.84. The Bertz CT molecular complexity index is 212. The predicted octanol–water partition coefficient (Wildman–Crippen LogP) is 2.99. The molecule has 4 aliphatic rings. The number of rotatable bonds is 0. The Morgan fingerprint density at radius 1 is 0.692 bits per heavy atom. The van der Waals surface area contributed by atoms with Crippen LogP contribution in [0.1, 0.15) is 38.5 Å². The van der Waals surface area contributed by atoms with Gasteiger partial charge in [-0.25, -0.2) is 0 Å². The van der Waals surface area contributed by atoms with Crippen molar-refractivity contribution in [2.75, 3.05) is 0 Å². The van der Waals surface area contributed by atoms with Gasteiger partial charge in [0.05, 0.1) is 0 Å². The van der Waals surface area contributed by atoms with Gasteiger partial charge < -0.3 is 0 Å². The van der Waals surface area contributed by atoms with Gasteiger partial charge in [0, 0.05) is 14.2 Å². The zero-order valence-corrected chi connectivity index (χ0v) is 10.3. The smallest absolute Gasteiger partial charge is 0.0158 e. The third-order valence-electron chi connectivity index (χ3n) is 3.98. The molecule has 4 fully saturated rings. The summed E-state index contributed by atoms with van der Waals surface area (Å²) < 4.78 is 0.800. The molecule has 0 aromatic heterocycles. The van der Waals surface area contributed by atoms with E-state index in [2.05, 4.69) is 0 Å². The zero-order valence-electron chi connectivity index (χ0n) is 7.66. The molecule has 4 saturated carbocycles. The van der Waals surface area contributed by atoms with Gasteiger partial charge in [-0.2, -0.15) is 37.9 Å². The van der Waals surface area contributed by atoms with Gasteiger partial charge in [-0.15, -0.1) is 0 Å². The summed E-state index contributed by atoms with van der Waals surface area (Å²) in [6.45, 7) is 0. The highest BCUT2D eigenvalue weighted by Crippen LogP contribution is 2.65. The molecular formula is C10H16S3. The number of hydrogen-bond donors (Lipinski definition) is 3. The largest absolute Gasteiger partial charge is 0.172 e. The van der Waals surface area contributed by atoms with Crippen molar-refractivity contribution in [1.29, 1.82) is 0 Å². The van der Waals surface area contributed by atoms with E-state index in [1.54, 1.807) is 0 Å². The highest BCUT2D eigenvalue weighted by Gasteiger charge is 2.59. The lowest BCUT2D eigenvalue weighted by molar-refractivity contribution is 0.0803. The second kappa shape index (κ2) is 2.41. The topological polar surface area (TPSA) is 0 Å². The molecule has 0 aromatic rings. The number of thiol groups is 3. The van der Waals surface area contributed by atoms with Crippen LogP contribution in [0.25, 0.3) is 0 Å². The van der Waals surface area contributed by atoms with Crippen LogP contribution in [-0.2, 0) is 0 Å². The molecule has 0 amide bonds. The molecule has 0 radical (unpaired) electrons. The lowest BCUT2D eigenvalue weighted by atomic mass is 9.55. The van der Waals surface area contributed by atoms with Crippen molar-refractivity contribution in [3.63, 3.8) is 0 Å². The van der Waals surface area contributed by atoms with E-state index < -0.39 is 0 Å². The first-order valence-electron chi connectivity index (χ1n) is 5.08. The van der Waals surface area contributed by atoms with E-state index in [4.69, 9.17) is 37.9 Å². The summed E-state index contributed by atoms with van der Waals surface area (Å²) in [5, 5.41) is 0. The molecule has 0 saturated heterocycles. The maximum Gasteiger partial charge on any atom is 0.0158 e. The standard InChI is InChI=1S/C10H16S3/c11-8-1-7-2-9(12,4-8)6-10(13,3-7)5-8/h7,11-13H,1-6H2. The Hall–Kier alpha value is 1.05. The fourth-order valence-electron chi connectivity index (χ4n) is 4.29. The Labute approximate surface area is 96.5 Å². The van der Waals surface area contributed by atoms with Crippen molar-refractivity contribution in [3.8, 4) is 0 Å². The molecular weight excluding hydrogens is 216 g/mol. The van der Waals surface area contributed by atoms with Crippen LogP contribution in [0, 0.1) is 5.92 Å². The first kappa shape index (κ1) is 9.29. The molecule has 0 spiro atoms. The maximum atomic E-state index is 4.86. The Morgan fingerprint density at radius 3 is 1.23 bits per heavy atom. The molecule has 4 rings (SSSR count). The highest BCUT2D eigenvalue weighted by atomic mass is 32.1. The van der Waals surface area contributed by atoms with Crippen molar-refractivity contribution in [2.24, 2.45) is 5.92 Å². The molecule has 0 atom stereocenters. The van der Waals surface area contributed by atoms with E-state index >= 15 is 0 Å². The van der Waals surface area contributed by atoms with Crippen LogP contribution in [-0.4, -0.2) is 14.2 Å². The van der Waals surface area contributed by atoms with Crippen molar-refractivity contribution in [3.05, 3.63) is 0 Å². The van der Waals surface area contributed by atoms with Crippen molar-refractivity contribution < 1.29 is 0 Å². The third kappa shape index (κ3) is 1.37. The molecule has 0 aromatic carbocycles. The summed E-state index contributed by atoms with van der Waals surface area (Å²) in [5.74, 6) is 0.851. The molecule has 13 heavy (non-hydrogen) atoms. The van der Waals surface area contributed by atoms with Gasteiger partial charge in [-0.05, 0) is 44.4 Å². The van der Waals surface area contributed by atoms with E-state index in [1.807, 2.05) is 0 Å². The molecule has 0 nitrogen and oxygen atoms in total. The van der Waals surface area contributed by atoms with Gasteiger partial charge in [0.15, 0.2) is 0 Å². The molecule has 4 aliphatic carbocycles. The lowest BCUT2D eigenvalue weighted by Crippen LogP contribution is -2.60. The zero-order chi connectivity index (χ0) is 9.32. The summed E-state index contributed by atoms with van der Waals surface area (Å²) >= 11 is 14.6. The predicted molar refractivity (Wildman–Crippen MR) is 66.3 cm³/mol. The second-order valence-corrected chi connectivity index (χ2v) is 8.53. The van der Waals surface area contributed by atoms with Gasteiger partial charge in [0.2, 0.25) is 0 Å². The van der Waals surface area contributed by atoms with Gasteiger partial charge in [0.1, 0.15) is 0 Å². The maximum absolute atomic E-state index is 4.86.